The number of rotatable bonds is 9. The Kier molecular flexibility index (Phi) is 10.8. The zero-order valence-electron chi connectivity index (χ0n) is 43.9. The number of fused-ring (bicyclic) bond motifs is 9. The molecule has 378 valence electrons. The maximum atomic E-state index is 5.03. The molecule has 16 aromatic rings. The van der Waals surface area contributed by atoms with Crippen molar-refractivity contribution in [1.82, 2.24) is 28.7 Å². The predicted octanol–water partition coefficient (Wildman–Crippen LogP) is 19.2. The minimum absolute atomic E-state index is 0.626. The summed E-state index contributed by atoms with van der Waals surface area (Å²) in [5.74, 6) is 1.90. The number of aromatic nitrogens is 6. The summed E-state index contributed by atoms with van der Waals surface area (Å²) in [4.78, 5) is 15.0. The zero-order valence-corrected chi connectivity index (χ0v) is 43.9. The molecular formula is C75H48N6. The predicted molar refractivity (Wildman–Crippen MR) is 335 cm³/mol. The van der Waals surface area contributed by atoms with Gasteiger partial charge in [0.15, 0.2) is 17.5 Å². The van der Waals surface area contributed by atoms with Gasteiger partial charge in [0.25, 0.3) is 0 Å². The first-order valence-corrected chi connectivity index (χ1v) is 27.5. The number of hydrogen-bond acceptors (Lipinski definition) is 3. The molecule has 0 fully saturated rings. The molecule has 0 aliphatic carbocycles. The lowest BCUT2D eigenvalue weighted by Crippen LogP contribution is -2.00. The van der Waals surface area contributed by atoms with E-state index in [-0.39, 0.29) is 0 Å². The summed E-state index contributed by atoms with van der Waals surface area (Å²) in [6.45, 7) is 0. The van der Waals surface area contributed by atoms with Crippen molar-refractivity contribution in [3.05, 3.63) is 291 Å². The third-order valence-electron chi connectivity index (χ3n) is 16.1. The first-order chi connectivity index (χ1) is 40.2. The lowest BCUT2D eigenvalue weighted by Gasteiger charge is -2.17. The van der Waals surface area contributed by atoms with Gasteiger partial charge >= 0.3 is 0 Å². The molecule has 0 atom stereocenters. The van der Waals surface area contributed by atoms with Crippen molar-refractivity contribution in [2.24, 2.45) is 0 Å². The van der Waals surface area contributed by atoms with Crippen LogP contribution in [0.15, 0.2) is 291 Å². The molecule has 0 amide bonds. The van der Waals surface area contributed by atoms with Crippen LogP contribution in [0.25, 0.3) is 150 Å². The minimum atomic E-state index is 0.626. The Morgan fingerprint density at radius 3 is 1.06 bits per heavy atom. The molecule has 4 aromatic heterocycles. The zero-order chi connectivity index (χ0) is 53.4. The molecule has 0 aliphatic heterocycles. The Morgan fingerprint density at radius 1 is 0.198 bits per heavy atom. The van der Waals surface area contributed by atoms with Crippen molar-refractivity contribution in [2.75, 3.05) is 0 Å². The average Bonchev–Trinajstić information content (AvgIpc) is 4.30. The Bertz CT molecular complexity index is 4980. The van der Waals surface area contributed by atoms with Crippen LogP contribution < -0.4 is 0 Å². The summed E-state index contributed by atoms with van der Waals surface area (Å²) in [7, 11) is 0. The van der Waals surface area contributed by atoms with Crippen LogP contribution in [-0.2, 0) is 0 Å². The fourth-order valence-electron chi connectivity index (χ4n) is 12.3. The van der Waals surface area contributed by atoms with Crippen LogP contribution in [0.2, 0.25) is 0 Å². The monoisotopic (exact) mass is 1030 g/mol. The smallest absolute Gasteiger partial charge is 0.164 e. The molecule has 0 N–H and O–H groups in total. The van der Waals surface area contributed by atoms with Crippen LogP contribution in [0.1, 0.15) is 0 Å². The fourth-order valence-corrected chi connectivity index (χ4v) is 12.3. The van der Waals surface area contributed by atoms with Gasteiger partial charge < -0.3 is 13.7 Å². The molecule has 4 heterocycles. The highest BCUT2D eigenvalue weighted by molar-refractivity contribution is 6.13. The third kappa shape index (κ3) is 7.76. The maximum absolute atomic E-state index is 5.03. The lowest BCUT2D eigenvalue weighted by atomic mass is 9.96. The quantitative estimate of drug-likeness (QED) is 0.145. The van der Waals surface area contributed by atoms with Gasteiger partial charge in [0.1, 0.15) is 0 Å². The van der Waals surface area contributed by atoms with E-state index in [0.717, 1.165) is 78.1 Å². The van der Waals surface area contributed by atoms with Crippen molar-refractivity contribution in [2.45, 2.75) is 0 Å². The second-order valence-corrected chi connectivity index (χ2v) is 20.8. The van der Waals surface area contributed by atoms with E-state index in [0.29, 0.717) is 17.5 Å². The van der Waals surface area contributed by atoms with Gasteiger partial charge in [-0.3, -0.25) is 0 Å². The molecule has 0 saturated heterocycles. The van der Waals surface area contributed by atoms with E-state index >= 15 is 0 Å². The summed E-state index contributed by atoms with van der Waals surface area (Å²) in [5, 5.41) is 7.34. The van der Waals surface area contributed by atoms with Crippen LogP contribution in [-0.4, -0.2) is 28.7 Å². The first-order valence-electron chi connectivity index (χ1n) is 27.5. The Balaban J connectivity index is 0.816. The van der Waals surface area contributed by atoms with E-state index in [9.17, 15) is 0 Å². The molecule has 0 bridgehead atoms. The topological polar surface area (TPSA) is 53.5 Å². The second kappa shape index (κ2) is 18.9. The van der Waals surface area contributed by atoms with Gasteiger partial charge in [0, 0.05) is 65.9 Å². The van der Waals surface area contributed by atoms with Crippen molar-refractivity contribution >= 4 is 65.4 Å². The van der Waals surface area contributed by atoms with E-state index in [2.05, 4.69) is 244 Å². The molecule has 0 unspecified atom stereocenters. The Labute approximate surface area is 467 Å². The van der Waals surface area contributed by atoms with Crippen LogP contribution >= 0.6 is 0 Å². The molecule has 0 spiro atoms. The number of nitrogens with zero attached hydrogens (tertiary/aromatic N) is 6. The summed E-state index contributed by atoms with van der Waals surface area (Å²) in [6, 6.07) is 105. The van der Waals surface area contributed by atoms with E-state index < -0.39 is 0 Å². The average molecular weight is 1030 g/mol. The molecule has 16 rings (SSSR count). The largest absolute Gasteiger partial charge is 0.309 e. The summed E-state index contributed by atoms with van der Waals surface area (Å²) in [5.41, 5.74) is 20.0. The molecule has 6 heteroatoms. The van der Waals surface area contributed by atoms with Crippen molar-refractivity contribution in [3.8, 4) is 84.6 Å². The highest BCUT2D eigenvalue weighted by Crippen LogP contribution is 2.42. The van der Waals surface area contributed by atoms with Crippen molar-refractivity contribution in [3.63, 3.8) is 0 Å². The van der Waals surface area contributed by atoms with Crippen LogP contribution in [0.5, 0.6) is 0 Å². The molecule has 0 aliphatic rings. The first kappa shape index (κ1) is 46.2. The molecule has 0 saturated carbocycles. The Hall–Kier alpha value is -11.0. The van der Waals surface area contributed by atoms with Crippen molar-refractivity contribution in [1.29, 1.82) is 0 Å². The molecule has 12 aromatic carbocycles. The molecule has 81 heavy (non-hydrogen) atoms. The van der Waals surface area contributed by atoms with E-state index in [1.807, 2.05) is 60.7 Å². The summed E-state index contributed by atoms with van der Waals surface area (Å²) >= 11 is 0. The van der Waals surface area contributed by atoms with E-state index in [4.69, 9.17) is 15.0 Å². The van der Waals surface area contributed by atoms with Gasteiger partial charge in [-0.05, 0) is 107 Å². The summed E-state index contributed by atoms with van der Waals surface area (Å²) in [6.07, 6.45) is 0. The van der Waals surface area contributed by atoms with Crippen LogP contribution in [0.4, 0.5) is 0 Å². The SMILES string of the molecule is c1ccc(-c2nc(-c3ccccc3)nc(-c3ccc(-c4ccc(-c5cccc(-n6c7ccccc7c7cc(-c8ccc9c(c8)c8ccccc8n9-c8ccccc8)ccc76)c5)c(-n5c6ccccc6c6ccccc65)c4)cc3)n2)cc1. The highest BCUT2D eigenvalue weighted by atomic mass is 15.0. The fraction of sp³-hybridized carbons (Fsp3) is 0. The standard InChI is InChI=1S/C75H48N6/c1-4-19-50(20-5-1)73-76-74(51-21-6-2-7-22-51)78-75(77-73)52-37-35-49(36-38-52)55-39-42-59(72(48-55)81-68-33-16-10-27-60(68)61-28-11-17-34-69(61)81)56-23-18-26-58(45-56)80-67-32-15-13-30-63(67)65-47-54(41-44-71(65)80)53-40-43-70-64(46-53)62-29-12-14-31-66(62)79(70)57-24-8-3-9-25-57/h1-48H. The number of para-hydroxylation sites is 5. The van der Waals surface area contributed by atoms with Gasteiger partial charge in [-0.1, -0.05) is 212 Å². The highest BCUT2D eigenvalue weighted by Gasteiger charge is 2.21. The second-order valence-electron chi connectivity index (χ2n) is 20.8. The minimum Gasteiger partial charge on any atom is -0.309 e. The normalized spacial score (nSPS) is 11.7. The third-order valence-corrected chi connectivity index (χ3v) is 16.1. The molecule has 0 radical (unpaired) electrons. The Morgan fingerprint density at radius 2 is 0.543 bits per heavy atom. The van der Waals surface area contributed by atoms with Gasteiger partial charge in [0.05, 0.1) is 38.8 Å². The van der Waals surface area contributed by atoms with Gasteiger partial charge in [-0.2, -0.15) is 0 Å². The maximum Gasteiger partial charge on any atom is 0.164 e. The summed E-state index contributed by atoms with van der Waals surface area (Å²) < 4.78 is 7.26. The lowest BCUT2D eigenvalue weighted by molar-refractivity contribution is 1.07. The molecular weight excluding hydrogens is 985 g/mol. The van der Waals surface area contributed by atoms with Crippen LogP contribution in [0, 0.1) is 0 Å². The van der Waals surface area contributed by atoms with Gasteiger partial charge in [-0.25, -0.2) is 15.0 Å². The van der Waals surface area contributed by atoms with Crippen molar-refractivity contribution < 1.29 is 0 Å². The molecule has 6 nitrogen and oxygen atoms in total. The van der Waals surface area contributed by atoms with Crippen LogP contribution in [0.3, 0.4) is 0 Å². The van der Waals surface area contributed by atoms with E-state index in [1.54, 1.807) is 0 Å². The van der Waals surface area contributed by atoms with Gasteiger partial charge in [0.2, 0.25) is 0 Å². The van der Waals surface area contributed by atoms with E-state index in [1.165, 1.54) is 54.5 Å². The number of benzene rings is 12. The number of hydrogen-bond donors (Lipinski definition) is 0. The van der Waals surface area contributed by atoms with Gasteiger partial charge in [-0.15, -0.1) is 0 Å².